The van der Waals surface area contributed by atoms with Gasteiger partial charge in [-0.25, -0.2) is 0 Å². The number of carbonyl (C=O) groups excluding carboxylic acids is 1. The van der Waals surface area contributed by atoms with E-state index < -0.39 is 11.0 Å². The van der Waals surface area contributed by atoms with Crippen LogP contribution in [0.5, 0.6) is 0 Å². The van der Waals surface area contributed by atoms with Crippen LogP contribution in [0.1, 0.15) is 12.5 Å². The predicted molar refractivity (Wildman–Crippen MR) is 76.8 cm³/mol. The molecule has 1 atom stereocenters. The molecule has 1 aliphatic heterocycles. The first-order chi connectivity index (χ1) is 10.1. The number of ether oxygens (including phenoxy) is 1. The lowest BCUT2D eigenvalue weighted by Gasteiger charge is -2.34. The third-order valence-electron chi connectivity index (χ3n) is 3.47. The van der Waals surface area contributed by atoms with Gasteiger partial charge in [-0.2, -0.15) is 0 Å². The van der Waals surface area contributed by atoms with Crippen LogP contribution in [0.4, 0.5) is 5.69 Å². The highest BCUT2D eigenvalue weighted by molar-refractivity contribution is 5.76. The minimum Gasteiger partial charge on any atom is -0.465 e. The maximum absolute atomic E-state index is 12.0. The highest BCUT2D eigenvalue weighted by Gasteiger charge is 2.30. The summed E-state index contributed by atoms with van der Waals surface area (Å²) < 4.78 is 5.07. The van der Waals surface area contributed by atoms with Gasteiger partial charge in [-0.15, -0.1) is 0 Å². The molecule has 0 bridgehead atoms. The van der Waals surface area contributed by atoms with Crippen molar-refractivity contribution in [2.75, 3.05) is 26.2 Å². The van der Waals surface area contributed by atoms with E-state index in [0.717, 1.165) is 6.54 Å². The van der Waals surface area contributed by atoms with Crippen molar-refractivity contribution in [3.8, 4) is 0 Å². The minimum atomic E-state index is -0.404. The van der Waals surface area contributed by atoms with E-state index in [1.165, 1.54) is 6.07 Å². The number of piperazine rings is 1. The Bertz CT molecular complexity index is 521. The average Bonchev–Trinajstić information content (AvgIpc) is 2.48. The van der Waals surface area contributed by atoms with E-state index in [1.807, 2.05) is 4.90 Å². The first kappa shape index (κ1) is 15.4. The highest BCUT2D eigenvalue weighted by Crippen LogP contribution is 2.21. The Hall–Kier alpha value is -1.99. The summed E-state index contributed by atoms with van der Waals surface area (Å²) >= 11 is 0. The summed E-state index contributed by atoms with van der Waals surface area (Å²) in [5.74, 6) is -0.289. The van der Waals surface area contributed by atoms with Crippen molar-refractivity contribution >= 4 is 11.7 Å². The molecule has 1 aliphatic rings. The molecular weight excluding hydrogens is 274 g/mol. The number of rotatable bonds is 5. The lowest BCUT2D eigenvalue weighted by molar-refractivity contribution is -0.385. The van der Waals surface area contributed by atoms with Crippen LogP contribution >= 0.6 is 0 Å². The SMILES string of the molecule is CCOC(=O)C1CNCCN1Cc1ccccc1[N+](=O)[O-]. The molecule has 1 aromatic rings. The second kappa shape index (κ2) is 7.14. The van der Waals surface area contributed by atoms with Gasteiger partial charge < -0.3 is 10.1 Å². The van der Waals surface area contributed by atoms with Crippen molar-refractivity contribution in [1.29, 1.82) is 0 Å². The van der Waals surface area contributed by atoms with Crippen molar-refractivity contribution in [2.24, 2.45) is 0 Å². The van der Waals surface area contributed by atoms with Gasteiger partial charge in [-0.3, -0.25) is 19.8 Å². The largest absolute Gasteiger partial charge is 0.465 e. The quantitative estimate of drug-likeness (QED) is 0.494. The van der Waals surface area contributed by atoms with Crippen molar-refractivity contribution in [3.05, 3.63) is 39.9 Å². The molecule has 7 heteroatoms. The number of carbonyl (C=O) groups is 1. The summed E-state index contributed by atoms with van der Waals surface area (Å²) in [5, 5.41) is 14.2. The Balaban J connectivity index is 2.16. The molecule has 1 N–H and O–H groups in total. The van der Waals surface area contributed by atoms with E-state index >= 15 is 0 Å². The maximum atomic E-state index is 12.0. The molecule has 0 amide bonds. The monoisotopic (exact) mass is 293 g/mol. The molecule has 1 heterocycles. The van der Waals surface area contributed by atoms with Crippen LogP contribution in [-0.2, 0) is 16.1 Å². The van der Waals surface area contributed by atoms with Crippen LogP contribution < -0.4 is 5.32 Å². The number of nitro benzene ring substituents is 1. The number of nitrogens with one attached hydrogen (secondary N) is 1. The summed E-state index contributed by atoms with van der Waals surface area (Å²) in [6.07, 6.45) is 0. The fraction of sp³-hybridized carbons (Fsp3) is 0.500. The first-order valence-electron chi connectivity index (χ1n) is 6.97. The number of para-hydroxylation sites is 1. The molecule has 0 saturated carbocycles. The number of nitro groups is 1. The van der Waals surface area contributed by atoms with Gasteiger partial charge in [0, 0.05) is 37.8 Å². The van der Waals surface area contributed by atoms with E-state index in [9.17, 15) is 14.9 Å². The molecule has 0 radical (unpaired) electrons. The molecule has 1 aromatic carbocycles. The Morgan fingerprint density at radius 3 is 3.00 bits per heavy atom. The topological polar surface area (TPSA) is 84.7 Å². The zero-order valence-corrected chi connectivity index (χ0v) is 11.9. The van der Waals surface area contributed by atoms with Gasteiger partial charge in [0.15, 0.2) is 0 Å². The van der Waals surface area contributed by atoms with Crippen LogP contribution in [0, 0.1) is 10.1 Å². The molecule has 114 valence electrons. The molecule has 0 spiro atoms. The fourth-order valence-electron chi connectivity index (χ4n) is 2.45. The number of benzene rings is 1. The van der Waals surface area contributed by atoms with Crippen molar-refractivity contribution in [2.45, 2.75) is 19.5 Å². The van der Waals surface area contributed by atoms with E-state index in [0.29, 0.717) is 31.8 Å². The number of hydrogen-bond donors (Lipinski definition) is 1. The smallest absolute Gasteiger partial charge is 0.324 e. The minimum absolute atomic E-state index is 0.0821. The Kier molecular flexibility index (Phi) is 5.24. The van der Waals surface area contributed by atoms with Crippen molar-refractivity contribution < 1.29 is 14.5 Å². The van der Waals surface area contributed by atoms with Crippen LogP contribution in [-0.4, -0.2) is 48.1 Å². The van der Waals surface area contributed by atoms with Gasteiger partial charge in [0.25, 0.3) is 5.69 Å². The van der Waals surface area contributed by atoms with E-state index in [4.69, 9.17) is 4.74 Å². The lowest BCUT2D eigenvalue weighted by Crippen LogP contribution is -2.54. The third kappa shape index (κ3) is 3.77. The Morgan fingerprint density at radius 2 is 2.29 bits per heavy atom. The van der Waals surface area contributed by atoms with Crippen molar-refractivity contribution in [3.63, 3.8) is 0 Å². The summed E-state index contributed by atoms with van der Waals surface area (Å²) in [5.41, 5.74) is 0.692. The predicted octanol–water partition coefficient (Wildman–Crippen LogP) is 0.932. The fourth-order valence-corrected chi connectivity index (χ4v) is 2.45. The molecule has 1 saturated heterocycles. The Labute approximate surface area is 123 Å². The van der Waals surface area contributed by atoms with E-state index in [1.54, 1.807) is 25.1 Å². The van der Waals surface area contributed by atoms with Gasteiger partial charge in [-0.1, -0.05) is 18.2 Å². The zero-order chi connectivity index (χ0) is 15.2. The highest BCUT2D eigenvalue weighted by atomic mass is 16.6. The van der Waals surface area contributed by atoms with Crippen LogP contribution in [0.2, 0.25) is 0 Å². The second-order valence-electron chi connectivity index (χ2n) is 4.83. The lowest BCUT2D eigenvalue weighted by atomic mass is 10.1. The molecule has 0 aromatic heterocycles. The number of hydrogen-bond acceptors (Lipinski definition) is 6. The summed E-state index contributed by atoms with van der Waals surface area (Å²) in [6, 6.07) is 6.21. The molecule has 0 aliphatic carbocycles. The number of esters is 1. The molecular formula is C14H19N3O4. The summed E-state index contributed by atoms with van der Waals surface area (Å²) in [6.45, 7) is 4.35. The zero-order valence-electron chi connectivity index (χ0n) is 11.9. The van der Waals surface area contributed by atoms with Gasteiger partial charge in [-0.05, 0) is 6.92 Å². The third-order valence-corrected chi connectivity index (χ3v) is 3.47. The second-order valence-corrected chi connectivity index (χ2v) is 4.83. The maximum Gasteiger partial charge on any atom is 0.324 e. The van der Waals surface area contributed by atoms with E-state index in [-0.39, 0.29) is 11.7 Å². The summed E-state index contributed by atoms with van der Waals surface area (Å²) in [7, 11) is 0. The van der Waals surface area contributed by atoms with Crippen LogP contribution in [0.3, 0.4) is 0 Å². The van der Waals surface area contributed by atoms with Gasteiger partial charge >= 0.3 is 5.97 Å². The Morgan fingerprint density at radius 1 is 1.52 bits per heavy atom. The normalized spacial score (nSPS) is 19.2. The van der Waals surface area contributed by atoms with Crippen molar-refractivity contribution in [1.82, 2.24) is 10.2 Å². The average molecular weight is 293 g/mol. The van der Waals surface area contributed by atoms with Gasteiger partial charge in [0.2, 0.25) is 0 Å². The van der Waals surface area contributed by atoms with Crippen LogP contribution in [0.15, 0.2) is 24.3 Å². The number of nitrogens with zero attached hydrogens (tertiary/aromatic N) is 2. The standard InChI is InChI=1S/C14H19N3O4/c1-2-21-14(18)13-9-15-7-8-16(13)10-11-5-3-4-6-12(11)17(19)20/h3-6,13,15H,2,7-10H2,1H3. The molecule has 7 nitrogen and oxygen atoms in total. The van der Waals surface area contributed by atoms with Gasteiger partial charge in [0.05, 0.1) is 11.5 Å². The molecule has 2 rings (SSSR count). The van der Waals surface area contributed by atoms with E-state index in [2.05, 4.69) is 5.32 Å². The summed E-state index contributed by atoms with van der Waals surface area (Å²) in [4.78, 5) is 24.6. The first-order valence-corrected chi connectivity index (χ1v) is 6.97. The van der Waals surface area contributed by atoms with Gasteiger partial charge in [0.1, 0.15) is 6.04 Å². The molecule has 1 unspecified atom stereocenters. The molecule has 1 fully saturated rings. The van der Waals surface area contributed by atoms with Crippen LogP contribution in [0.25, 0.3) is 0 Å². The molecule has 21 heavy (non-hydrogen) atoms.